The van der Waals surface area contributed by atoms with Crippen LogP contribution in [0.5, 0.6) is 17.2 Å². The second kappa shape index (κ2) is 15.6. The Labute approximate surface area is 288 Å². The van der Waals surface area contributed by atoms with Gasteiger partial charge in [0.1, 0.15) is 6.61 Å². The summed E-state index contributed by atoms with van der Waals surface area (Å²) in [7, 11) is 4.69. The fourth-order valence-electron chi connectivity index (χ4n) is 7.35. The minimum Gasteiger partial charge on any atom is -0.493 e. The first-order valence-electron chi connectivity index (χ1n) is 17.0. The number of piperidine rings is 1. The molecule has 2 aliphatic rings. The summed E-state index contributed by atoms with van der Waals surface area (Å²) in [6.45, 7) is 5.44. The predicted molar refractivity (Wildman–Crippen MR) is 189 cm³/mol. The molecule has 258 valence electrons. The van der Waals surface area contributed by atoms with E-state index in [1.54, 1.807) is 33.5 Å². The number of nitrogens with one attached hydrogen (secondary N) is 1. The number of hydrogen-bond donors (Lipinski definition) is 1. The third kappa shape index (κ3) is 7.46. The topological polar surface area (TPSA) is 114 Å². The number of methoxy groups -OCH3 is 3. The molecule has 3 aromatic carbocycles. The number of hydrogen-bond acceptors (Lipinski definition) is 9. The van der Waals surface area contributed by atoms with Crippen LogP contribution in [0.1, 0.15) is 41.6 Å². The van der Waals surface area contributed by atoms with Crippen molar-refractivity contribution in [3.63, 3.8) is 0 Å². The molecular formula is C38H46N6O5. The van der Waals surface area contributed by atoms with Crippen molar-refractivity contribution < 1.29 is 23.7 Å². The Balaban J connectivity index is 1.10. The first-order chi connectivity index (χ1) is 24.0. The molecule has 3 heterocycles. The molecule has 11 nitrogen and oxygen atoms in total. The van der Waals surface area contributed by atoms with Gasteiger partial charge in [-0.05, 0) is 62.1 Å². The molecule has 11 heteroatoms. The normalized spacial score (nSPS) is 18.4. The highest BCUT2D eigenvalue weighted by Crippen LogP contribution is 2.41. The van der Waals surface area contributed by atoms with Crippen LogP contribution in [0.15, 0.2) is 66.7 Å². The number of benzene rings is 3. The van der Waals surface area contributed by atoms with Crippen LogP contribution in [0.2, 0.25) is 0 Å². The van der Waals surface area contributed by atoms with Crippen LogP contribution in [0.3, 0.4) is 0 Å². The molecule has 0 saturated carbocycles. The van der Waals surface area contributed by atoms with Crippen molar-refractivity contribution in [1.29, 1.82) is 5.26 Å². The lowest BCUT2D eigenvalue weighted by Crippen LogP contribution is -2.42. The Kier molecular flexibility index (Phi) is 10.9. The van der Waals surface area contributed by atoms with Gasteiger partial charge in [-0.15, -0.1) is 0 Å². The van der Waals surface area contributed by atoms with Crippen molar-refractivity contribution in [2.45, 2.75) is 43.7 Å². The van der Waals surface area contributed by atoms with Crippen molar-refractivity contribution in [3.8, 4) is 23.3 Å². The number of imidazole rings is 1. The molecule has 0 aliphatic carbocycles. The van der Waals surface area contributed by atoms with Crippen LogP contribution in [0.4, 0.5) is 5.95 Å². The van der Waals surface area contributed by atoms with Crippen molar-refractivity contribution in [1.82, 2.24) is 19.4 Å². The Morgan fingerprint density at radius 1 is 0.959 bits per heavy atom. The monoisotopic (exact) mass is 666 g/mol. The number of aromatic nitrogens is 2. The standard InChI is InChI=1S/C38H46N6O5/c1-46-33-25-28(26-34(47-2)35(33)48-3)36(45)43-21-16-38(27-43,29-9-5-4-6-10-29)15-20-42-18-13-30(14-19-42)40-37-41-31-11-7-8-12-32(31)44(37)22-24-49-23-17-39/h4-12,25-26,30H,13-16,18-24,27H2,1-3H3,(H,40,41). The lowest BCUT2D eigenvalue weighted by molar-refractivity contribution is 0.0779. The van der Waals surface area contributed by atoms with Gasteiger partial charge in [-0.25, -0.2) is 4.98 Å². The highest BCUT2D eigenvalue weighted by Gasteiger charge is 2.42. The van der Waals surface area contributed by atoms with Gasteiger partial charge in [-0.3, -0.25) is 4.79 Å². The summed E-state index contributed by atoms with van der Waals surface area (Å²) >= 11 is 0. The van der Waals surface area contributed by atoms with E-state index in [-0.39, 0.29) is 17.9 Å². The van der Waals surface area contributed by atoms with Crippen molar-refractivity contribution in [2.24, 2.45) is 0 Å². The van der Waals surface area contributed by atoms with E-state index in [2.05, 4.69) is 51.2 Å². The van der Waals surface area contributed by atoms with Gasteiger partial charge in [0, 0.05) is 49.7 Å². The van der Waals surface area contributed by atoms with E-state index >= 15 is 0 Å². The van der Waals surface area contributed by atoms with E-state index in [1.165, 1.54) is 5.56 Å². The largest absolute Gasteiger partial charge is 0.493 e. The van der Waals surface area contributed by atoms with Gasteiger partial charge >= 0.3 is 0 Å². The van der Waals surface area contributed by atoms with E-state index < -0.39 is 0 Å². The maximum Gasteiger partial charge on any atom is 0.254 e. The fraction of sp³-hybridized carbons (Fsp3) is 0.447. The molecule has 1 amide bonds. The average molecular weight is 667 g/mol. The molecule has 1 unspecified atom stereocenters. The van der Waals surface area contributed by atoms with E-state index in [0.29, 0.717) is 55.1 Å². The summed E-state index contributed by atoms with van der Waals surface area (Å²) in [6, 6.07) is 24.6. The molecule has 2 aliphatic heterocycles. The van der Waals surface area contributed by atoms with Crippen molar-refractivity contribution >= 4 is 22.9 Å². The summed E-state index contributed by atoms with van der Waals surface area (Å²) in [5, 5.41) is 12.6. The van der Waals surface area contributed by atoms with Crippen LogP contribution in [-0.2, 0) is 16.7 Å². The number of rotatable bonds is 14. The number of para-hydroxylation sites is 2. The van der Waals surface area contributed by atoms with Crippen LogP contribution in [0, 0.1) is 11.3 Å². The third-order valence-corrected chi connectivity index (χ3v) is 10.0. The predicted octanol–water partition coefficient (Wildman–Crippen LogP) is 5.35. The molecule has 49 heavy (non-hydrogen) atoms. The number of carbonyl (C=O) groups is 1. The molecule has 1 atom stereocenters. The van der Waals surface area contributed by atoms with Gasteiger partial charge in [0.25, 0.3) is 5.91 Å². The molecule has 0 spiro atoms. The lowest BCUT2D eigenvalue weighted by Gasteiger charge is -2.36. The Morgan fingerprint density at radius 2 is 1.67 bits per heavy atom. The van der Waals surface area contributed by atoms with Gasteiger partial charge in [0.2, 0.25) is 11.7 Å². The van der Waals surface area contributed by atoms with Crippen LogP contribution < -0.4 is 19.5 Å². The van der Waals surface area contributed by atoms with E-state index in [4.69, 9.17) is 29.2 Å². The summed E-state index contributed by atoms with van der Waals surface area (Å²) in [5.74, 6) is 2.23. The quantitative estimate of drug-likeness (QED) is 0.178. The number of amides is 1. The smallest absolute Gasteiger partial charge is 0.254 e. The summed E-state index contributed by atoms with van der Waals surface area (Å²) in [5.41, 5.74) is 3.68. The fourth-order valence-corrected chi connectivity index (χ4v) is 7.35. The Hall–Kier alpha value is -4.79. The van der Waals surface area contributed by atoms with Crippen molar-refractivity contribution in [2.75, 3.05) is 72.6 Å². The molecule has 4 aromatic rings. The Bertz CT molecular complexity index is 1740. The molecular weight excluding hydrogens is 620 g/mol. The number of nitrogens with zero attached hydrogens (tertiary/aromatic N) is 5. The SMILES string of the molecule is COc1cc(C(=O)N2CCC(CCN3CCC(Nc4nc5ccccc5n4CCOCC#N)CC3)(c3ccccc3)C2)cc(OC)c1OC. The molecule has 2 saturated heterocycles. The minimum absolute atomic E-state index is 0.0356. The lowest BCUT2D eigenvalue weighted by atomic mass is 9.76. The van der Waals surface area contributed by atoms with Crippen molar-refractivity contribution in [3.05, 3.63) is 77.9 Å². The zero-order valence-corrected chi connectivity index (χ0v) is 28.7. The summed E-state index contributed by atoms with van der Waals surface area (Å²) in [4.78, 5) is 23.3. The van der Waals surface area contributed by atoms with E-state index in [1.807, 2.05) is 29.2 Å². The maximum absolute atomic E-state index is 13.9. The molecule has 6 rings (SSSR count). The molecule has 1 aromatic heterocycles. The van der Waals surface area contributed by atoms with Gasteiger partial charge in [-0.1, -0.05) is 42.5 Å². The summed E-state index contributed by atoms with van der Waals surface area (Å²) in [6.07, 6.45) is 3.89. The second-order valence-electron chi connectivity index (χ2n) is 12.8. The number of nitriles is 1. The maximum atomic E-state index is 13.9. The molecule has 1 N–H and O–H groups in total. The van der Waals surface area contributed by atoms with Gasteiger partial charge in [0.05, 0.1) is 45.0 Å². The van der Waals surface area contributed by atoms with Crippen LogP contribution >= 0.6 is 0 Å². The molecule has 0 bridgehead atoms. The minimum atomic E-state index is -0.134. The number of likely N-dealkylation sites (tertiary alicyclic amines) is 2. The zero-order chi connectivity index (χ0) is 34.2. The van der Waals surface area contributed by atoms with Crippen LogP contribution in [0.25, 0.3) is 11.0 Å². The Morgan fingerprint density at radius 3 is 2.37 bits per heavy atom. The first-order valence-corrected chi connectivity index (χ1v) is 17.0. The number of ether oxygens (including phenoxy) is 4. The number of fused-ring (bicyclic) bond motifs is 1. The highest BCUT2D eigenvalue weighted by atomic mass is 16.5. The summed E-state index contributed by atoms with van der Waals surface area (Å²) < 4.78 is 24.2. The van der Waals surface area contributed by atoms with Gasteiger partial charge in [0.15, 0.2) is 11.5 Å². The average Bonchev–Trinajstić information content (AvgIpc) is 3.74. The highest BCUT2D eigenvalue weighted by molar-refractivity contribution is 5.96. The third-order valence-electron chi connectivity index (χ3n) is 10.0. The number of carbonyl (C=O) groups excluding carboxylic acids is 1. The van der Waals surface area contributed by atoms with Crippen LogP contribution in [-0.4, -0.2) is 98.6 Å². The molecule has 2 fully saturated rings. The zero-order valence-electron chi connectivity index (χ0n) is 28.7. The van der Waals surface area contributed by atoms with Gasteiger partial charge in [-0.2, -0.15) is 5.26 Å². The number of anilines is 1. The molecule has 0 radical (unpaired) electrons. The van der Waals surface area contributed by atoms with Gasteiger partial charge < -0.3 is 38.6 Å². The first kappa shape index (κ1) is 34.1. The second-order valence-corrected chi connectivity index (χ2v) is 12.8. The van der Waals surface area contributed by atoms with E-state index in [9.17, 15) is 4.79 Å². The van der Waals surface area contributed by atoms with E-state index in [0.717, 1.165) is 62.3 Å².